The second kappa shape index (κ2) is 6.57. The Morgan fingerprint density at radius 3 is 2.44 bits per heavy atom. The van der Waals surface area contributed by atoms with Crippen LogP contribution in [-0.4, -0.2) is 23.5 Å². The van der Waals surface area contributed by atoms with E-state index >= 15 is 0 Å². The Morgan fingerprint density at radius 2 is 1.94 bits per heavy atom. The molecule has 1 aliphatic carbocycles. The lowest BCUT2D eigenvalue weighted by atomic mass is 9.77. The van der Waals surface area contributed by atoms with Gasteiger partial charge in [-0.3, -0.25) is 4.79 Å². The molecule has 1 saturated carbocycles. The lowest BCUT2D eigenvalue weighted by Gasteiger charge is -2.29. The van der Waals surface area contributed by atoms with E-state index in [9.17, 15) is 9.59 Å². The molecule has 0 saturated heterocycles. The highest BCUT2D eigenvalue weighted by atomic mass is 16.4. The molecule has 0 aromatic heterocycles. The Labute approximate surface area is 108 Å². The summed E-state index contributed by atoms with van der Waals surface area (Å²) in [6.45, 7) is 4.57. The van der Waals surface area contributed by atoms with E-state index in [2.05, 4.69) is 19.2 Å². The zero-order chi connectivity index (χ0) is 13.6. The molecule has 1 fully saturated rings. The first-order valence-corrected chi connectivity index (χ1v) is 6.64. The van der Waals surface area contributed by atoms with Gasteiger partial charge in [0, 0.05) is 18.0 Å². The van der Waals surface area contributed by atoms with E-state index in [0.717, 1.165) is 38.2 Å². The molecular weight excluding hydrogens is 230 g/mol. The fraction of sp³-hybridized carbons (Fsp3) is 0.714. The van der Waals surface area contributed by atoms with E-state index in [1.807, 2.05) is 0 Å². The number of carboxylic acid groups (broad SMARTS) is 1. The van der Waals surface area contributed by atoms with Gasteiger partial charge in [0.1, 0.15) is 0 Å². The quantitative estimate of drug-likeness (QED) is 0.714. The minimum absolute atomic E-state index is 0.0868. The maximum Gasteiger partial charge on any atom is 0.328 e. The lowest BCUT2D eigenvalue weighted by molar-refractivity contribution is -0.132. The zero-order valence-corrected chi connectivity index (χ0v) is 11.2. The number of amides is 1. The Morgan fingerprint density at radius 1 is 1.33 bits per heavy atom. The van der Waals surface area contributed by atoms with Gasteiger partial charge in [0.15, 0.2) is 0 Å². The Balaban J connectivity index is 2.53. The summed E-state index contributed by atoms with van der Waals surface area (Å²) >= 11 is 0. The highest BCUT2D eigenvalue weighted by molar-refractivity contribution is 5.83. The second-order valence-corrected chi connectivity index (χ2v) is 5.54. The molecule has 102 valence electrons. The third kappa shape index (κ3) is 4.17. The van der Waals surface area contributed by atoms with Gasteiger partial charge >= 0.3 is 5.97 Å². The second-order valence-electron chi connectivity index (χ2n) is 5.54. The molecule has 0 spiro atoms. The van der Waals surface area contributed by atoms with Gasteiger partial charge in [-0.25, -0.2) is 4.79 Å². The summed E-state index contributed by atoms with van der Waals surface area (Å²) in [4.78, 5) is 22.6. The summed E-state index contributed by atoms with van der Waals surface area (Å²) < 4.78 is 0. The van der Waals surface area contributed by atoms with Crippen LogP contribution in [0, 0.1) is 11.3 Å². The average Bonchev–Trinajstić information content (AvgIpc) is 2.72. The van der Waals surface area contributed by atoms with Gasteiger partial charge in [-0.1, -0.05) is 32.8 Å². The van der Waals surface area contributed by atoms with E-state index in [1.165, 1.54) is 6.08 Å². The maximum absolute atomic E-state index is 12.3. The number of carbonyl (C=O) groups is 2. The fourth-order valence-corrected chi connectivity index (χ4v) is 2.86. The number of carboxylic acids is 1. The Hall–Kier alpha value is -1.32. The van der Waals surface area contributed by atoms with Gasteiger partial charge in [0.25, 0.3) is 0 Å². The van der Waals surface area contributed by atoms with Crippen molar-refractivity contribution in [3.05, 3.63) is 12.2 Å². The summed E-state index contributed by atoms with van der Waals surface area (Å²) in [6.07, 6.45) is 7.60. The molecule has 4 heteroatoms. The number of hydrogen-bond acceptors (Lipinski definition) is 2. The van der Waals surface area contributed by atoms with E-state index in [0.29, 0.717) is 12.5 Å². The Bertz CT molecular complexity index is 328. The van der Waals surface area contributed by atoms with Gasteiger partial charge in [-0.2, -0.15) is 0 Å². The predicted octanol–water partition coefficient (Wildman–Crippen LogP) is 2.35. The molecule has 0 bridgehead atoms. The van der Waals surface area contributed by atoms with Crippen LogP contribution in [0.5, 0.6) is 0 Å². The largest absolute Gasteiger partial charge is 0.478 e. The monoisotopic (exact) mass is 253 g/mol. The summed E-state index contributed by atoms with van der Waals surface area (Å²) in [5.74, 6) is -0.394. The number of hydrogen-bond donors (Lipinski definition) is 2. The van der Waals surface area contributed by atoms with Crippen LogP contribution in [0.1, 0.15) is 46.0 Å². The molecule has 2 N–H and O–H groups in total. The van der Waals surface area contributed by atoms with Gasteiger partial charge < -0.3 is 10.4 Å². The number of carbonyl (C=O) groups excluding carboxylic acids is 1. The van der Waals surface area contributed by atoms with Crippen molar-refractivity contribution in [2.45, 2.75) is 46.0 Å². The third-order valence-corrected chi connectivity index (χ3v) is 3.48. The third-order valence-electron chi connectivity index (χ3n) is 3.48. The summed E-state index contributed by atoms with van der Waals surface area (Å²) in [5.41, 5.74) is -0.217. The van der Waals surface area contributed by atoms with Gasteiger partial charge in [-0.15, -0.1) is 0 Å². The van der Waals surface area contributed by atoms with Crippen molar-refractivity contribution < 1.29 is 14.7 Å². The van der Waals surface area contributed by atoms with Crippen molar-refractivity contribution in [1.29, 1.82) is 0 Å². The first kappa shape index (κ1) is 14.7. The molecular formula is C14H23NO3. The standard InChI is InChI=1S/C14H23NO3/c1-11(2)10-14(7-3-4-8-14)13(18)15-9-5-6-12(16)17/h5-6,11H,3-4,7-10H2,1-2H3,(H,15,18)(H,16,17)/b6-5+. The normalized spacial score (nSPS) is 18.4. The smallest absolute Gasteiger partial charge is 0.328 e. The van der Waals surface area contributed by atoms with Crippen molar-refractivity contribution in [2.24, 2.45) is 11.3 Å². The topological polar surface area (TPSA) is 66.4 Å². The van der Waals surface area contributed by atoms with Crippen LogP contribution < -0.4 is 5.32 Å². The molecule has 0 aromatic carbocycles. The van der Waals surface area contributed by atoms with Crippen LogP contribution in [-0.2, 0) is 9.59 Å². The number of aliphatic carboxylic acids is 1. The lowest BCUT2D eigenvalue weighted by Crippen LogP contribution is -2.40. The molecule has 0 unspecified atom stereocenters. The highest BCUT2D eigenvalue weighted by Gasteiger charge is 2.40. The zero-order valence-electron chi connectivity index (χ0n) is 11.2. The van der Waals surface area contributed by atoms with Gasteiger partial charge in [0.05, 0.1) is 0 Å². The predicted molar refractivity (Wildman–Crippen MR) is 70.1 cm³/mol. The molecule has 1 amide bonds. The Kier molecular flexibility index (Phi) is 5.38. The maximum atomic E-state index is 12.3. The van der Waals surface area contributed by atoms with E-state index in [-0.39, 0.29) is 11.3 Å². The van der Waals surface area contributed by atoms with Crippen molar-refractivity contribution in [3.8, 4) is 0 Å². The molecule has 0 aliphatic heterocycles. The highest BCUT2D eigenvalue weighted by Crippen LogP contribution is 2.43. The van der Waals surface area contributed by atoms with Gasteiger partial charge in [-0.05, 0) is 25.2 Å². The van der Waals surface area contributed by atoms with Crippen LogP contribution in [0.15, 0.2) is 12.2 Å². The SMILES string of the molecule is CC(C)CC1(C(=O)NC/C=C/C(=O)O)CCCC1. The summed E-state index contributed by atoms with van der Waals surface area (Å²) in [6, 6.07) is 0. The van der Waals surface area contributed by atoms with Crippen LogP contribution in [0.25, 0.3) is 0 Å². The fourth-order valence-electron chi connectivity index (χ4n) is 2.86. The average molecular weight is 253 g/mol. The first-order valence-electron chi connectivity index (χ1n) is 6.64. The molecule has 18 heavy (non-hydrogen) atoms. The van der Waals surface area contributed by atoms with Gasteiger partial charge in [0.2, 0.25) is 5.91 Å². The summed E-state index contributed by atoms with van der Waals surface area (Å²) in [7, 11) is 0. The molecule has 0 radical (unpaired) electrons. The van der Waals surface area contributed by atoms with Crippen LogP contribution in [0.2, 0.25) is 0 Å². The molecule has 1 aliphatic rings. The van der Waals surface area contributed by atoms with Crippen molar-refractivity contribution in [1.82, 2.24) is 5.32 Å². The first-order chi connectivity index (χ1) is 8.46. The van der Waals surface area contributed by atoms with Crippen LogP contribution in [0.3, 0.4) is 0 Å². The van der Waals surface area contributed by atoms with Crippen LogP contribution >= 0.6 is 0 Å². The van der Waals surface area contributed by atoms with E-state index in [1.54, 1.807) is 0 Å². The minimum Gasteiger partial charge on any atom is -0.478 e. The minimum atomic E-state index is -0.984. The molecule has 0 heterocycles. The van der Waals surface area contributed by atoms with Crippen molar-refractivity contribution in [3.63, 3.8) is 0 Å². The molecule has 0 aromatic rings. The van der Waals surface area contributed by atoms with Crippen LogP contribution in [0.4, 0.5) is 0 Å². The number of nitrogens with one attached hydrogen (secondary N) is 1. The molecule has 4 nitrogen and oxygen atoms in total. The number of rotatable bonds is 6. The van der Waals surface area contributed by atoms with Crippen molar-refractivity contribution in [2.75, 3.05) is 6.54 Å². The summed E-state index contributed by atoms with van der Waals surface area (Å²) in [5, 5.41) is 11.3. The van der Waals surface area contributed by atoms with E-state index in [4.69, 9.17) is 5.11 Å². The van der Waals surface area contributed by atoms with E-state index < -0.39 is 5.97 Å². The molecule has 0 atom stereocenters. The molecule has 1 rings (SSSR count). The van der Waals surface area contributed by atoms with Crippen molar-refractivity contribution >= 4 is 11.9 Å².